The highest BCUT2D eigenvalue weighted by molar-refractivity contribution is 6.20. The van der Waals surface area contributed by atoms with E-state index in [1.165, 1.54) is 19.3 Å². The van der Waals surface area contributed by atoms with Crippen molar-refractivity contribution in [2.75, 3.05) is 7.11 Å². The summed E-state index contributed by atoms with van der Waals surface area (Å²) in [5.41, 5.74) is 0.272. The van der Waals surface area contributed by atoms with Crippen molar-refractivity contribution in [1.29, 1.82) is 0 Å². The molecule has 0 aromatic carbocycles. The number of hydrogen-bond donors (Lipinski definition) is 0. The highest BCUT2D eigenvalue weighted by Gasteiger charge is 2.20. The van der Waals surface area contributed by atoms with E-state index >= 15 is 0 Å². The zero-order valence-electron chi connectivity index (χ0n) is 11.6. The second kappa shape index (κ2) is 6.27. The summed E-state index contributed by atoms with van der Waals surface area (Å²) in [6, 6.07) is 0. The van der Waals surface area contributed by atoms with Crippen molar-refractivity contribution in [2.45, 2.75) is 20.8 Å². The largest absolute Gasteiger partial charge is 0.493 e. The molecule has 0 aliphatic heterocycles. The van der Waals surface area contributed by atoms with Gasteiger partial charge in [0.05, 0.1) is 7.11 Å². The van der Waals surface area contributed by atoms with Crippen LogP contribution in [0, 0.1) is 11.8 Å². The van der Waals surface area contributed by atoms with E-state index in [2.05, 4.69) is 0 Å². The number of hydrogen-bond acceptors (Lipinski definition) is 4. The van der Waals surface area contributed by atoms with Gasteiger partial charge in [-0.1, -0.05) is 32.9 Å². The molecule has 4 heteroatoms. The lowest BCUT2D eigenvalue weighted by molar-refractivity contribution is -0.124. The van der Waals surface area contributed by atoms with Crippen LogP contribution in [0.1, 0.15) is 20.8 Å². The predicted octanol–water partition coefficient (Wildman–Crippen LogP) is 2.01. The van der Waals surface area contributed by atoms with E-state index in [1.54, 1.807) is 13.0 Å². The van der Waals surface area contributed by atoms with Crippen molar-refractivity contribution in [1.82, 2.24) is 0 Å². The Balaban J connectivity index is 2.82. The first-order valence-electron chi connectivity index (χ1n) is 6.14. The van der Waals surface area contributed by atoms with E-state index in [-0.39, 0.29) is 40.5 Å². The van der Waals surface area contributed by atoms with Gasteiger partial charge in [0.25, 0.3) is 0 Å². The van der Waals surface area contributed by atoms with Crippen LogP contribution < -0.4 is 0 Å². The zero-order chi connectivity index (χ0) is 14.6. The maximum absolute atomic E-state index is 11.7. The Kier molecular flexibility index (Phi) is 4.98. The maximum atomic E-state index is 11.7. The molecular weight excluding hydrogens is 244 g/mol. The minimum absolute atomic E-state index is 0.0356. The molecule has 1 aliphatic rings. The van der Waals surface area contributed by atoms with Gasteiger partial charge in [-0.15, -0.1) is 0 Å². The SMILES string of the molecule is COC1=CC(=O)C(/C=C\C(C)C(=O)C(C)C)=CC1=O. The Labute approximate surface area is 112 Å². The first kappa shape index (κ1) is 15.1. The molecule has 1 atom stereocenters. The molecule has 0 saturated heterocycles. The normalized spacial score (nSPS) is 17.5. The number of carbonyl (C=O) groups excluding carboxylic acids is 3. The van der Waals surface area contributed by atoms with Gasteiger partial charge in [-0.2, -0.15) is 0 Å². The van der Waals surface area contributed by atoms with E-state index in [4.69, 9.17) is 4.74 Å². The van der Waals surface area contributed by atoms with Crippen LogP contribution in [-0.4, -0.2) is 24.5 Å². The van der Waals surface area contributed by atoms with Crippen molar-refractivity contribution in [3.05, 3.63) is 35.6 Å². The Morgan fingerprint density at radius 2 is 1.79 bits per heavy atom. The Morgan fingerprint density at radius 3 is 2.32 bits per heavy atom. The molecule has 0 saturated carbocycles. The number of rotatable bonds is 5. The third kappa shape index (κ3) is 3.74. The Morgan fingerprint density at radius 1 is 1.16 bits per heavy atom. The van der Waals surface area contributed by atoms with Crippen LogP contribution in [0.4, 0.5) is 0 Å². The molecule has 0 N–H and O–H groups in total. The third-order valence-electron chi connectivity index (χ3n) is 2.88. The molecule has 0 aromatic heterocycles. The van der Waals surface area contributed by atoms with Gasteiger partial charge < -0.3 is 4.74 Å². The molecule has 0 fully saturated rings. The van der Waals surface area contributed by atoms with Gasteiger partial charge in [0, 0.05) is 29.6 Å². The average Bonchev–Trinajstić information content (AvgIpc) is 2.37. The second-order valence-electron chi connectivity index (χ2n) is 4.75. The Bertz CT molecular complexity index is 492. The lowest BCUT2D eigenvalue weighted by Gasteiger charge is -2.10. The third-order valence-corrected chi connectivity index (χ3v) is 2.88. The van der Waals surface area contributed by atoms with E-state index in [9.17, 15) is 14.4 Å². The van der Waals surface area contributed by atoms with Crippen LogP contribution in [0.3, 0.4) is 0 Å². The van der Waals surface area contributed by atoms with Gasteiger partial charge >= 0.3 is 0 Å². The van der Waals surface area contributed by atoms with Crippen molar-refractivity contribution < 1.29 is 19.1 Å². The van der Waals surface area contributed by atoms with Gasteiger partial charge in [-0.3, -0.25) is 14.4 Å². The molecule has 1 rings (SSSR count). The van der Waals surface area contributed by atoms with Crippen LogP contribution >= 0.6 is 0 Å². The summed E-state index contributed by atoms with van der Waals surface area (Å²) in [6.07, 6.45) is 5.56. The van der Waals surface area contributed by atoms with Crippen molar-refractivity contribution in [3.8, 4) is 0 Å². The van der Waals surface area contributed by atoms with E-state index in [0.29, 0.717) is 0 Å². The maximum Gasteiger partial charge on any atom is 0.221 e. The predicted molar refractivity (Wildman–Crippen MR) is 71.3 cm³/mol. The van der Waals surface area contributed by atoms with Gasteiger partial charge in [0.2, 0.25) is 5.78 Å². The van der Waals surface area contributed by atoms with E-state index in [0.717, 1.165) is 6.08 Å². The first-order chi connectivity index (χ1) is 8.86. The molecule has 4 nitrogen and oxygen atoms in total. The summed E-state index contributed by atoms with van der Waals surface area (Å²) in [7, 11) is 1.34. The molecule has 0 aromatic rings. The standard InChI is InChI=1S/C15H18O4/c1-9(2)15(18)10(3)5-6-11-7-13(17)14(19-4)8-12(11)16/h5-10H,1-4H3/b6-5-. The minimum Gasteiger partial charge on any atom is -0.493 e. The highest BCUT2D eigenvalue weighted by Crippen LogP contribution is 2.15. The summed E-state index contributed by atoms with van der Waals surface area (Å²) < 4.78 is 4.79. The van der Waals surface area contributed by atoms with Crippen molar-refractivity contribution >= 4 is 17.3 Å². The van der Waals surface area contributed by atoms with Crippen LogP contribution in [0.2, 0.25) is 0 Å². The number of ketones is 3. The number of allylic oxidation sites excluding steroid dienone is 5. The van der Waals surface area contributed by atoms with Crippen LogP contribution in [0.25, 0.3) is 0 Å². The van der Waals surface area contributed by atoms with Gasteiger partial charge in [0.15, 0.2) is 11.5 Å². The minimum atomic E-state index is -0.343. The van der Waals surface area contributed by atoms with E-state index < -0.39 is 0 Å². The molecule has 0 spiro atoms. The van der Waals surface area contributed by atoms with Crippen molar-refractivity contribution in [3.63, 3.8) is 0 Å². The molecule has 1 aliphatic carbocycles. The summed E-state index contributed by atoms with van der Waals surface area (Å²) >= 11 is 0. The molecule has 102 valence electrons. The fourth-order valence-corrected chi connectivity index (χ4v) is 1.72. The fourth-order valence-electron chi connectivity index (χ4n) is 1.72. The fraction of sp³-hybridized carbons (Fsp3) is 0.400. The molecular formula is C15H18O4. The summed E-state index contributed by atoms with van der Waals surface area (Å²) in [4.78, 5) is 35.0. The molecule has 0 bridgehead atoms. The topological polar surface area (TPSA) is 60.4 Å². The summed E-state index contributed by atoms with van der Waals surface area (Å²) in [5.74, 6) is -0.844. The number of ether oxygens (including phenoxy) is 1. The molecule has 1 unspecified atom stereocenters. The lowest BCUT2D eigenvalue weighted by Crippen LogP contribution is -2.16. The highest BCUT2D eigenvalue weighted by atomic mass is 16.5. The van der Waals surface area contributed by atoms with Crippen LogP contribution in [0.15, 0.2) is 35.6 Å². The van der Waals surface area contributed by atoms with Crippen molar-refractivity contribution in [2.24, 2.45) is 11.8 Å². The van der Waals surface area contributed by atoms with Crippen LogP contribution in [-0.2, 0) is 19.1 Å². The van der Waals surface area contributed by atoms with Gasteiger partial charge in [-0.05, 0) is 0 Å². The monoisotopic (exact) mass is 262 g/mol. The first-order valence-corrected chi connectivity index (χ1v) is 6.14. The van der Waals surface area contributed by atoms with Gasteiger partial charge in [-0.25, -0.2) is 0 Å². The van der Waals surface area contributed by atoms with E-state index in [1.807, 2.05) is 13.8 Å². The molecule has 19 heavy (non-hydrogen) atoms. The van der Waals surface area contributed by atoms with Crippen LogP contribution in [0.5, 0.6) is 0 Å². The smallest absolute Gasteiger partial charge is 0.221 e. The second-order valence-corrected chi connectivity index (χ2v) is 4.75. The average molecular weight is 262 g/mol. The zero-order valence-corrected chi connectivity index (χ0v) is 11.6. The summed E-state index contributed by atoms with van der Waals surface area (Å²) in [5, 5.41) is 0. The quantitative estimate of drug-likeness (QED) is 0.711. The Hall–Kier alpha value is -1.97. The van der Waals surface area contributed by atoms with Gasteiger partial charge in [0.1, 0.15) is 5.78 Å². The molecule has 0 radical (unpaired) electrons. The molecule has 0 heterocycles. The molecule has 0 amide bonds. The number of carbonyl (C=O) groups is 3. The number of methoxy groups -OCH3 is 1. The number of Topliss-reactive ketones (excluding diaryl/α,β-unsaturated/α-hetero) is 1. The lowest BCUT2D eigenvalue weighted by atomic mass is 9.94. The summed E-state index contributed by atoms with van der Waals surface area (Å²) in [6.45, 7) is 5.43.